The molecule has 3 aromatic rings. The van der Waals surface area contributed by atoms with E-state index in [9.17, 15) is 0 Å². The SMILES string of the molecule is COc1ccc(CNc2cnnc(Nc3c(C)cccc3C)n2)cc1. The lowest BCUT2D eigenvalue weighted by atomic mass is 10.1. The molecule has 0 spiro atoms. The van der Waals surface area contributed by atoms with E-state index in [1.165, 1.54) is 0 Å². The molecule has 0 fully saturated rings. The molecule has 6 heteroatoms. The Morgan fingerprint density at radius 1 is 1.00 bits per heavy atom. The molecule has 128 valence electrons. The number of nitrogens with zero attached hydrogens (tertiary/aromatic N) is 3. The molecule has 3 rings (SSSR count). The summed E-state index contributed by atoms with van der Waals surface area (Å²) in [6.07, 6.45) is 1.61. The number of methoxy groups -OCH3 is 1. The van der Waals surface area contributed by atoms with Gasteiger partial charge in [0.25, 0.3) is 0 Å². The maximum absolute atomic E-state index is 5.16. The Hall–Kier alpha value is -3.15. The monoisotopic (exact) mass is 335 g/mol. The van der Waals surface area contributed by atoms with Crippen LogP contribution in [0.2, 0.25) is 0 Å². The molecule has 1 heterocycles. The van der Waals surface area contributed by atoms with Crippen LogP contribution < -0.4 is 15.4 Å². The molecule has 0 aliphatic heterocycles. The zero-order valence-electron chi connectivity index (χ0n) is 14.6. The second-order valence-electron chi connectivity index (χ2n) is 5.76. The van der Waals surface area contributed by atoms with Crippen LogP contribution in [0.4, 0.5) is 17.5 Å². The van der Waals surface area contributed by atoms with Crippen molar-refractivity contribution in [3.8, 4) is 5.75 Å². The molecule has 0 unspecified atom stereocenters. The maximum atomic E-state index is 5.16. The van der Waals surface area contributed by atoms with Crippen molar-refractivity contribution in [2.24, 2.45) is 0 Å². The van der Waals surface area contributed by atoms with Gasteiger partial charge in [-0.15, -0.1) is 5.10 Å². The van der Waals surface area contributed by atoms with Crippen LogP contribution in [0.3, 0.4) is 0 Å². The smallest absolute Gasteiger partial charge is 0.249 e. The van der Waals surface area contributed by atoms with Crippen molar-refractivity contribution in [2.75, 3.05) is 17.7 Å². The molecular weight excluding hydrogens is 314 g/mol. The van der Waals surface area contributed by atoms with Gasteiger partial charge in [-0.05, 0) is 42.7 Å². The van der Waals surface area contributed by atoms with Crippen LogP contribution in [0.25, 0.3) is 0 Å². The average Bonchev–Trinajstić information content (AvgIpc) is 2.64. The Morgan fingerprint density at radius 3 is 2.40 bits per heavy atom. The highest BCUT2D eigenvalue weighted by Crippen LogP contribution is 2.22. The topological polar surface area (TPSA) is 72.0 Å². The molecule has 2 aromatic carbocycles. The number of hydrogen-bond acceptors (Lipinski definition) is 6. The number of hydrogen-bond donors (Lipinski definition) is 2. The van der Waals surface area contributed by atoms with Crippen molar-refractivity contribution in [1.29, 1.82) is 0 Å². The van der Waals surface area contributed by atoms with Gasteiger partial charge in [-0.2, -0.15) is 10.1 Å². The highest BCUT2D eigenvalue weighted by atomic mass is 16.5. The summed E-state index contributed by atoms with van der Waals surface area (Å²) in [6, 6.07) is 14.0. The fourth-order valence-corrected chi connectivity index (χ4v) is 2.50. The largest absolute Gasteiger partial charge is 0.497 e. The van der Waals surface area contributed by atoms with Gasteiger partial charge in [0.15, 0.2) is 5.82 Å². The molecule has 0 aliphatic carbocycles. The maximum Gasteiger partial charge on any atom is 0.249 e. The number of anilines is 3. The van der Waals surface area contributed by atoms with Crippen molar-refractivity contribution in [2.45, 2.75) is 20.4 Å². The molecule has 2 N–H and O–H groups in total. The second kappa shape index (κ2) is 7.61. The van der Waals surface area contributed by atoms with Crippen molar-refractivity contribution in [3.05, 3.63) is 65.4 Å². The Balaban J connectivity index is 1.68. The number of para-hydroxylation sites is 1. The third kappa shape index (κ3) is 4.23. The molecule has 1 aromatic heterocycles. The number of aromatic nitrogens is 3. The second-order valence-corrected chi connectivity index (χ2v) is 5.76. The van der Waals surface area contributed by atoms with Gasteiger partial charge in [-0.1, -0.05) is 30.3 Å². The highest BCUT2D eigenvalue weighted by Gasteiger charge is 2.06. The van der Waals surface area contributed by atoms with Gasteiger partial charge >= 0.3 is 0 Å². The zero-order valence-corrected chi connectivity index (χ0v) is 14.6. The fourth-order valence-electron chi connectivity index (χ4n) is 2.50. The van der Waals surface area contributed by atoms with Crippen LogP contribution in [0.15, 0.2) is 48.7 Å². The summed E-state index contributed by atoms with van der Waals surface area (Å²) in [5, 5.41) is 14.6. The van der Waals surface area contributed by atoms with Gasteiger partial charge in [-0.3, -0.25) is 0 Å². The van der Waals surface area contributed by atoms with E-state index in [4.69, 9.17) is 4.74 Å². The van der Waals surface area contributed by atoms with Gasteiger partial charge in [-0.25, -0.2) is 0 Å². The third-order valence-electron chi connectivity index (χ3n) is 3.91. The van der Waals surface area contributed by atoms with Crippen molar-refractivity contribution < 1.29 is 4.74 Å². The number of benzene rings is 2. The standard InChI is InChI=1S/C19H21N5O/c1-13-5-4-6-14(2)18(13)23-19-22-17(12-21-24-19)20-11-15-7-9-16(25-3)10-8-15/h4-10,12H,11H2,1-3H3,(H2,20,22,23,24). The van der Waals surface area contributed by atoms with E-state index in [1.54, 1.807) is 13.3 Å². The Bertz CT molecular complexity index is 828. The van der Waals surface area contributed by atoms with Crippen LogP contribution in [0, 0.1) is 13.8 Å². The van der Waals surface area contributed by atoms with E-state index in [0.29, 0.717) is 18.3 Å². The lowest BCUT2D eigenvalue weighted by Gasteiger charge is -2.12. The van der Waals surface area contributed by atoms with E-state index in [1.807, 2.05) is 30.3 Å². The molecule has 25 heavy (non-hydrogen) atoms. The van der Waals surface area contributed by atoms with Crippen LogP contribution >= 0.6 is 0 Å². The molecule has 0 radical (unpaired) electrons. The molecule has 0 amide bonds. The molecule has 0 saturated carbocycles. The predicted octanol–water partition coefficient (Wildman–Crippen LogP) is 3.85. The predicted molar refractivity (Wildman–Crippen MR) is 99.3 cm³/mol. The van der Waals surface area contributed by atoms with Crippen LogP contribution in [-0.4, -0.2) is 22.3 Å². The van der Waals surface area contributed by atoms with Crippen molar-refractivity contribution >= 4 is 17.5 Å². The quantitative estimate of drug-likeness (QED) is 0.713. The summed E-state index contributed by atoms with van der Waals surface area (Å²) in [6.45, 7) is 4.74. The normalized spacial score (nSPS) is 10.4. The van der Waals surface area contributed by atoms with Gasteiger partial charge in [0, 0.05) is 12.2 Å². The molecular formula is C19H21N5O. The number of aryl methyl sites for hydroxylation is 2. The summed E-state index contributed by atoms with van der Waals surface area (Å²) in [5.41, 5.74) is 4.42. The van der Waals surface area contributed by atoms with Crippen molar-refractivity contribution in [3.63, 3.8) is 0 Å². The highest BCUT2D eigenvalue weighted by molar-refractivity contribution is 5.63. The Labute approximate surface area is 147 Å². The van der Waals surface area contributed by atoms with E-state index >= 15 is 0 Å². The molecule has 6 nitrogen and oxygen atoms in total. The molecule has 0 bridgehead atoms. The van der Waals surface area contributed by atoms with E-state index in [2.05, 4.69) is 51.8 Å². The summed E-state index contributed by atoms with van der Waals surface area (Å²) in [5.74, 6) is 1.98. The first-order valence-electron chi connectivity index (χ1n) is 8.05. The van der Waals surface area contributed by atoms with Gasteiger partial charge in [0.05, 0.1) is 13.3 Å². The first-order valence-corrected chi connectivity index (χ1v) is 8.05. The van der Waals surface area contributed by atoms with Crippen molar-refractivity contribution in [1.82, 2.24) is 15.2 Å². The zero-order chi connectivity index (χ0) is 17.6. The fraction of sp³-hybridized carbons (Fsp3) is 0.211. The summed E-state index contributed by atoms with van der Waals surface area (Å²) in [4.78, 5) is 4.48. The molecule has 0 atom stereocenters. The van der Waals surface area contributed by atoms with Crippen LogP contribution in [0.1, 0.15) is 16.7 Å². The van der Waals surface area contributed by atoms with E-state index in [0.717, 1.165) is 28.1 Å². The summed E-state index contributed by atoms with van der Waals surface area (Å²) >= 11 is 0. The summed E-state index contributed by atoms with van der Waals surface area (Å²) < 4.78 is 5.16. The van der Waals surface area contributed by atoms with Gasteiger partial charge < -0.3 is 15.4 Å². The first kappa shape index (κ1) is 16.7. The minimum Gasteiger partial charge on any atom is -0.497 e. The van der Waals surface area contributed by atoms with Crippen LogP contribution in [0.5, 0.6) is 5.75 Å². The average molecular weight is 335 g/mol. The minimum atomic E-state index is 0.470. The van der Waals surface area contributed by atoms with E-state index in [-0.39, 0.29) is 0 Å². The number of nitrogens with one attached hydrogen (secondary N) is 2. The number of rotatable bonds is 6. The lowest BCUT2D eigenvalue weighted by molar-refractivity contribution is 0.414. The first-order chi connectivity index (χ1) is 12.2. The molecule has 0 saturated heterocycles. The Kier molecular flexibility index (Phi) is 5.09. The third-order valence-corrected chi connectivity index (χ3v) is 3.91. The molecule has 0 aliphatic rings. The number of ether oxygens (including phenoxy) is 1. The summed E-state index contributed by atoms with van der Waals surface area (Å²) in [7, 11) is 1.66. The minimum absolute atomic E-state index is 0.470. The lowest BCUT2D eigenvalue weighted by Crippen LogP contribution is -2.06. The van der Waals surface area contributed by atoms with Gasteiger partial charge in [0.2, 0.25) is 5.95 Å². The van der Waals surface area contributed by atoms with Gasteiger partial charge in [0.1, 0.15) is 5.75 Å². The van der Waals surface area contributed by atoms with Crippen LogP contribution in [-0.2, 0) is 6.54 Å². The Morgan fingerprint density at radius 2 is 1.72 bits per heavy atom. The van der Waals surface area contributed by atoms with E-state index < -0.39 is 0 Å².